The molecule has 1 aliphatic heterocycles. The van der Waals surface area contributed by atoms with E-state index in [-0.39, 0.29) is 12.0 Å². The number of carbonyl (C=O) groups is 1. The molecule has 27 heavy (non-hydrogen) atoms. The fraction of sp³-hybridized carbons (Fsp3) is 0.294. The van der Waals surface area contributed by atoms with Crippen molar-refractivity contribution in [3.8, 4) is 5.75 Å². The number of halogens is 6. The number of nitrogens with one attached hydrogen (secondary N) is 1. The Hall–Kier alpha value is -2.78. The number of hydrogen-bond donors (Lipinski definition) is 1. The van der Waals surface area contributed by atoms with E-state index in [0.29, 0.717) is 11.3 Å². The number of benzene rings is 1. The largest absolute Gasteiger partial charge is 0.573 e. The van der Waals surface area contributed by atoms with Gasteiger partial charge in [0.15, 0.2) is 0 Å². The highest BCUT2D eigenvalue weighted by atomic mass is 19.4. The zero-order valence-electron chi connectivity index (χ0n) is 13.7. The fourth-order valence-corrected chi connectivity index (χ4v) is 2.95. The van der Waals surface area contributed by atoms with Crippen LogP contribution in [0.2, 0.25) is 0 Å². The van der Waals surface area contributed by atoms with Crippen molar-refractivity contribution in [1.29, 1.82) is 0 Å². The Labute approximate surface area is 149 Å². The first kappa shape index (κ1) is 19.0. The maximum absolute atomic E-state index is 12.6. The van der Waals surface area contributed by atoms with E-state index in [4.69, 9.17) is 0 Å². The van der Waals surface area contributed by atoms with Crippen molar-refractivity contribution >= 4 is 11.6 Å². The number of nitrogens with zero attached hydrogens (tertiary/aromatic N) is 1. The third-order valence-electron chi connectivity index (χ3n) is 4.24. The van der Waals surface area contributed by atoms with E-state index < -0.39 is 35.3 Å². The van der Waals surface area contributed by atoms with E-state index >= 15 is 0 Å². The Kier molecular flexibility index (Phi) is 4.32. The zero-order chi connectivity index (χ0) is 20.0. The molecule has 1 atom stereocenters. The standard InChI is InChI=1S/C17H12F6N2O2/c1-15(7-9-2-5-13(24-8-9)16(18,19)20)11-6-10(27-17(21,22)23)3-4-12(11)25-14(15)26/h2-6,8H,7H2,1H3,(H,25,26). The van der Waals surface area contributed by atoms with Gasteiger partial charge in [-0.1, -0.05) is 6.07 Å². The number of fused-ring (bicyclic) bond motifs is 1. The van der Waals surface area contributed by atoms with Crippen LogP contribution in [-0.4, -0.2) is 17.3 Å². The second kappa shape index (κ2) is 6.14. The number of aromatic nitrogens is 1. The van der Waals surface area contributed by atoms with Gasteiger partial charge in [-0.25, -0.2) is 0 Å². The minimum absolute atomic E-state index is 0.0492. The first-order chi connectivity index (χ1) is 12.4. The Balaban J connectivity index is 1.92. The Morgan fingerprint density at radius 2 is 1.81 bits per heavy atom. The summed E-state index contributed by atoms with van der Waals surface area (Å²) in [5.41, 5.74) is -1.46. The molecule has 1 aromatic carbocycles. The van der Waals surface area contributed by atoms with Crippen LogP contribution in [0, 0.1) is 0 Å². The Morgan fingerprint density at radius 1 is 1.11 bits per heavy atom. The molecule has 0 bridgehead atoms. The number of carbonyl (C=O) groups excluding carboxylic acids is 1. The molecule has 1 N–H and O–H groups in total. The van der Waals surface area contributed by atoms with Gasteiger partial charge in [-0.3, -0.25) is 9.78 Å². The van der Waals surface area contributed by atoms with Crippen LogP contribution in [0.5, 0.6) is 5.75 Å². The molecule has 10 heteroatoms. The van der Waals surface area contributed by atoms with Crippen LogP contribution in [0.4, 0.5) is 32.0 Å². The Bertz CT molecular complexity index is 876. The molecule has 3 rings (SSSR count). The summed E-state index contributed by atoms with van der Waals surface area (Å²) in [5.74, 6) is -0.976. The molecule has 1 aromatic heterocycles. The molecular weight excluding hydrogens is 378 g/mol. The molecule has 0 radical (unpaired) electrons. The van der Waals surface area contributed by atoms with Crippen LogP contribution >= 0.6 is 0 Å². The number of alkyl halides is 6. The number of amides is 1. The van der Waals surface area contributed by atoms with Gasteiger partial charge in [0.05, 0.1) is 5.41 Å². The van der Waals surface area contributed by atoms with Crippen molar-refractivity contribution in [2.75, 3.05) is 5.32 Å². The predicted octanol–water partition coefficient (Wildman–Crippen LogP) is 4.45. The van der Waals surface area contributed by atoms with Gasteiger partial charge in [-0.15, -0.1) is 13.2 Å². The van der Waals surface area contributed by atoms with Gasteiger partial charge in [-0.2, -0.15) is 13.2 Å². The fourth-order valence-electron chi connectivity index (χ4n) is 2.95. The van der Waals surface area contributed by atoms with E-state index in [2.05, 4.69) is 15.0 Å². The van der Waals surface area contributed by atoms with Crippen molar-refractivity contribution in [2.45, 2.75) is 31.3 Å². The summed E-state index contributed by atoms with van der Waals surface area (Å²) in [6, 6.07) is 5.42. The summed E-state index contributed by atoms with van der Waals surface area (Å²) in [4.78, 5) is 15.7. The molecule has 1 amide bonds. The lowest BCUT2D eigenvalue weighted by Gasteiger charge is -2.23. The van der Waals surface area contributed by atoms with Crippen molar-refractivity contribution < 1.29 is 35.9 Å². The maximum Gasteiger partial charge on any atom is 0.573 e. The summed E-state index contributed by atoms with van der Waals surface area (Å²) in [7, 11) is 0. The van der Waals surface area contributed by atoms with Gasteiger partial charge < -0.3 is 10.1 Å². The summed E-state index contributed by atoms with van der Waals surface area (Å²) in [6.45, 7) is 1.49. The molecular formula is C17H12F6N2O2. The zero-order valence-corrected chi connectivity index (χ0v) is 13.7. The van der Waals surface area contributed by atoms with E-state index in [1.54, 1.807) is 0 Å². The molecule has 0 saturated heterocycles. The van der Waals surface area contributed by atoms with Crippen LogP contribution in [0.25, 0.3) is 0 Å². The Morgan fingerprint density at radius 3 is 2.37 bits per heavy atom. The molecule has 1 aliphatic rings. The van der Waals surface area contributed by atoms with Gasteiger partial charge in [0.1, 0.15) is 11.4 Å². The van der Waals surface area contributed by atoms with Gasteiger partial charge in [0.25, 0.3) is 0 Å². The van der Waals surface area contributed by atoms with Crippen molar-refractivity contribution in [1.82, 2.24) is 4.98 Å². The molecule has 0 saturated carbocycles. The third kappa shape index (κ3) is 3.83. The molecule has 2 aromatic rings. The van der Waals surface area contributed by atoms with Crippen molar-refractivity contribution in [3.05, 3.63) is 53.3 Å². The first-order valence-corrected chi connectivity index (χ1v) is 7.62. The van der Waals surface area contributed by atoms with Gasteiger partial charge in [0, 0.05) is 11.9 Å². The predicted molar refractivity (Wildman–Crippen MR) is 82.0 cm³/mol. The number of hydrogen-bond acceptors (Lipinski definition) is 3. The summed E-state index contributed by atoms with van der Waals surface area (Å²) in [6.07, 6.45) is -8.54. The third-order valence-corrected chi connectivity index (χ3v) is 4.24. The van der Waals surface area contributed by atoms with Gasteiger partial charge in [-0.05, 0) is 48.7 Å². The minimum atomic E-state index is -4.89. The smallest absolute Gasteiger partial charge is 0.406 e. The second-order valence-corrected chi connectivity index (χ2v) is 6.27. The molecule has 0 spiro atoms. The van der Waals surface area contributed by atoms with E-state index in [9.17, 15) is 31.1 Å². The SMILES string of the molecule is CC1(Cc2ccc(C(F)(F)F)nc2)C(=O)Nc2ccc(OC(F)(F)F)cc21. The van der Waals surface area contributed by atoms with Crippen LogP contribution in [0.3, 0.4) is 0 Å². The monoisotopic (exact) mass is 390 g/mol. The average Bonchev–Trinajstić information content (AvgIpc) is 2.77. The van der Waals surface area contributed by atoms with Crippen molar-refractivity contribution in [2.24, 2.45) is 0 Å². The molecule has 1 unspecified atom stereocenters. The highest BCUT2D eigenvalue weighted by molar-refractivity contribution is 6.06. The molecule has 2 heterocycles. The summed E-state index contributed by atoms with van der Waals surface area (Å²) < 4.78 is 79.0. The summed E-state index contributed by atoms with van der Waals surface area (Å²) in [5, 5.41) is 2.56. The average molecular weight is 390 g/mol. The molecule has 0 aliphatic carbocycles. The number of anilines is 1. The highest BCUT2D eigenvalue weighted by Gasteiger charge is 2.44. The van der Waals surface area contributed by atoms with E-state index in [0.717, 1.165) is 24.4 Å². The summed E-state index contributed by atoms with van der Waals surface area (Å²) >= 11 is 0. The van der Waals surface area contributed by atoms with Crippen molar-refractivity contribution in [3.63, 3.8) is 0 Å². The van der Waals surface area contributed by atoms with Gasteiger partial charge in [0.2, 0.25) is 5.91 Å². The van der Waals surface area contributed by atoms with Crippen LogP contribution in [0.15, 0.2) is 36.5 Å². The van der Waals surface area contributed by atoms with Crippen LogP contribution in [0.1, 0.15) is 23.7 Å². The van der Waals surface area contributed by atoms with Crippen LogP contribution < -0.4 is 10.1 Å². The number of pyridine rings is 1. The maximum atomic E-state index is 12.6. The molecule has 0 fully saturated rings. The van der Waals surface area contributed by atoms with Gasteiger partial charge >= 0.3 is 12.5 Å². The minimum Gasteiger partial charge on any atom is -0.406 e. The normalized spacial score (nSPS) is 19.6. The lowest BCUT2D eigenvalue weighted by molar-refractivity contribution is -0.274. The quantitative estimate of drug-likeness (QED) is 0.788. The second-order valence-electron chi connectivity index (χ2n) is 6.27. The van der Waals surface area contributed by atoms with Crippen LogP contribution in [-0.2, 0) is 22.8 Å². The lowest BCUT2D eigenvalue weighted by atomic mass is 9.78. The highest BCUT2D eigenvalue weighted by Crippen LogP contribution is 2.42. The molecule has 144 valence electrons. The first-order valence-electron chi connectivity index (χ1n) is 7.62. The number of ether oxygens (including phenoxy) is 1. The van der Waals surface area contributed by atoms with E-state index in [1.807, 2.05) is 0 Å². The number of rotatable bonds is 3. The van der Waals surface area contributed by atoms with E-state index in [1.165, 1.54) is 19.1 Å². The lowest BCUT2D eigenvalue weighted by Crippen LogP contribution is -2.33. The molecule has 4 nitrogen and oxygen atoms in total. The topological polar surface area (TPSA) is 51.2 Å².